The Hall–Kier alpha value is -2.31. The summed E-state index contributed by atoms with van der Waals surface area (Å²) >= 11 is 0. The van der Waals surface area contributed by atoms with E-state index in [1.165, 1.54) is 14.0 Å². The molecule has 0 saturated heterocycles. The summed E-state index contributed by atoms with van der Waals surface area (Å²) in [5.74, 6) is -1.94. The van der Waals surface area contributed by atoms with E-state index in [4.69, 9.17) is 4.74 Å². The number of aryl methyl sites for hydroxylation is 1. The maximum Gasteiger partial charge on any atom is 0.519 e. The van der Waals surface area contributed by atoms with Crippen LogP contribution in [0.4, 0.5) is 0 Å². The predicted octanol–water partition coefficient (Wildman–Crippen LogP) is 0.314. The highest BCUT2D eigenvalue weighted by atomic mass is 16.6. The van der Waals surface area contributed by atoms with Gasteiger partial charge in [0.05, 0.1) is 7.11 Å². The molecule has 0 amide bonds. The van der Waals surface area contributed by atoms with Crippen molar-refractivity contribution in [1.29, 1.82) is 0 Å². The van der Waals surface area contributed by atoms with Gasteiger partial charge in [-0.2, -0.15) is 0 Å². The van der Waals surface area contributed by atoms with Crippen LogP contribution >= 0.6 is 0 Å². The van der Waals surface area contributed by atoms with E-state index in [2.05, 4.69) is 13.6 Å². The maximum absolute atomic E-state index is 11.1. The number of methoxy groups -OCH3 is 1. The molecule has 7 heteroatoms. The van der Waals surface area contributed by atoms with E-state index in [-0.39, 0.29) is 18.1 Å². The van der Waals surface area contributed by atoms with Crippen LogP contribution in [0.25, 0.3) is 0 Å². The van der Waals surface area contributed by atoms with Crippen molar-refractivity contribution in [2.45, 2.75) is 13.5 Å². The van der Waals surface area contributed by atoms with Gasteiger partial charge in [0.1, 0.15) is 0 Å². The Morgan fingerprint density at radius 3 is 2.41 bits per heavy atom. The minimum atomic E-state index is -0.862. The first-order valence-corrected chi connectivity index (χ1v) is 4.55. The van der Waals surface area contributed by atoms with E-state index in [9.17, 15) is 14.4 Å². The van der Waals surface area contributed by atoms with Crippen molar-refractivity contribution in [3.63, 3.8) is 0 Å². The number of esters is 2. The zero-order chi connectivity index (χ0) is 12.8. The van der Waals surface area contributed by atoms with Gasteiger partial charge in [-0.05, 0) is 6.92 Å². The number of rotatable bonds is 4. The average molecular weight is 242 g/mol. The number of hydrogen-bond acceptors (Lipinski definition) is 7. The lowest BCUT2D eigenvalue weighted by atomic mass is 10.4. The zero-order valence-corrected chi connectivity index (χ0v) is 9.22. The molecule has 17 heavy (non-hydrogen) atoms. The first kappa shape index (κ1) is 12.8. The quantitative estimate of drug-likeness (QED) is 0.553. The third-order valence-electron chi connectivity index (χ3n) is 1.74. The molecule has 0 aliphatic carbocycles. The fraction of sp³-hybridized carbons (Fsp3) is 0.300. The van der Waals surface area contributed by atoms with Crippen molar-refractivity contribution < 1.29 is 27.9 Å². The van der Waals surface area contributed by atoms with Gasteiger partial charge in [-0.25, -0.2) is 14.4 Å². The maximum atomic E-state index is 11.1. The molecular formula is C10H10O7. The molecule has 92 valence electrons. The molecule has 7 nitrogen and oxygen atoms in total. The summed E-state index contributed by atoms with van der Waals surface area (Å²) in [6.07, 6.45) is 1.82. The highest BCUT2D eigenvalue weighted by molar-refractivity contribution is 5.91. The summed E-state index contributed by atoms with van der Waals surface area (Å²) in [7, 11) is 1.18. The van der Waals surface area contributed by atoms with Crippen LogP contribution in [0.5, 0.6) is 0 Å². The van der Waals surface area contributed by atoms with Gasteiger partial charge in [-0.3, -0.25) is 0 Å². The first-order chi connectivity index (χ1) is 8.02. The van der Waals surface area contributed by atoms with Crippen molar-refractivity contribution in [3.8, 4) is 0 Å². The molecule has 0 fully saturated rings. The van der Waals surface area contributed by atoms with Crippen LogP contribution in [-0.4, -0.2) is 19.0 Å². The lowest BCUT2D eigenvalue weighted by molar-refractivity contribution is -0.140. The van der Waals surface area contributed by atoms with Crippen LogP contribution in [0.2, 0.25) is 0 Å². The van der Waals surface area contributed by atoms with Crippen molar-refractivity contribution in [2.24, 2.45) is 0 Å². The van der Waals surface area contributed by atoms with Gasteiger partial charge in [0.15, 0.2) is 18.1 Å². The molecule has 0 saturated carbocycles. The van der Waals surface area contributed by atoms with Gasteiger partial charge < -0.3 is 18.3 Å². The van der Waals surface area contributed by atoms with E-state index in [0.29, 0.717) is 0 Å². The predicted molar refractivity (Wildman–Crippen MR) is 52.9 cm³/mol. The minimum absolute atomic E-state index is 0.120. The van der Waals surface area contributed by atoms with Gasteiger partial charge in [-0.15, -0.1) is 0 Å². The summed E-state index contributed by atoms with van der Waals surface area (Å²) in [6, 6.07) is 0. The Morgan fingerprint density at radius 1 is 1.24 bits per heavy atom. The van der Waals surface area contributed by atoms with E-state index < -0.39 is 17.8 Å². The number of carbonyl (C=O) groups excluding carboxylic acids is 2. The molecule has 1 aromatic rings. The molecule has 1 rings (SSSR count). The van der Waals surface area contributed by atoms with Crippen LogP contribution in [0.3, 0.4) is 0 Å². The third-order valence-corrected chi connectivity index (χ3v) is 1.74. The fourth-order valence-electron chi connectivity index (χ4n) is 0.895. The smallest absolute Gasteiger partial charge is 0.466 e. The van der Waals surface area contributed by atoms with Gasteiger partial charge in [-0.1, -0.05) is 0 Å². The molecule has 0 aliphatic rings. The molecule has 0 atom stereocenters. The van der Waals surface area contributed by atoms with Crippen molar-refractivity contribution in [3.05, 3.63) is 34.3 Å². The Labute approximate surface area is 95.6 Å². The molecule has 0 aliphatic heterocycles. The molecule has 0 N–H and O–H groups in total. The number of carbonyl (C=O) groups is 2. The monoisotopic (exact) mass is 242 g/mol. The fourth-order valence-corrected chi connectivity index (χ4v) is 0.895. The number of hydrogen-bond donors (Lipinski definition) is 0. The SMILES string of the molecule is COC(=O)/C=C/C(=O)OCc1oc(=O)oc1C. The standard InChI is InChI=1S/C10H10O7/c1-6-7(17-10(13)16-6)5-15-9(12)4-3-8(11)14-2/h3-4H,5H2,1-2H3/b4-3+. The lowest BCUT2D eigenvalue weighted by Gasteiger charge is -1.97. The summed E-state index contributed by atoms with van der Waals surface area (Å²) in [6.45, 7) is 1.25. The van der Waals surface area contributed by atoms with Gasteiger partial charge in [0, 0.05) is 12.2 Å². The van der Waals surface area contributed by atoms with Crippen LogP contribution < -0.4 is 5.82 Å². The van der Waals surface area contributed by atoms with E-state index in [1.54, 1.807) is 0 Å². The molecule has 0 spiro atoms. The number of ether oxygens (including phenoxy) is 2. The summed E-state index contributed by atoms with van der Waals surface area (Å²) in [5.41, 5.74) is 0. The normalized spacial score (nSPS) is 10.5. The van der Waals surface area contributed by atoms with Gasteiger partial charge >= 0.3 is 17.8 Å². The topological polar surface area (TPSA) is 96.0 Å². The second-order valence-electron chi connectivity index (χ2n) is 2.90. The highest BCUT2D eigenvalue weighted by Crippen LogP contribution is 2.06. The highest BCUT2D eigenvalue weighted by Gasteiger charge is 2.10. The van der Waals surface area contributed by atoms with E-state index in [0.717, 1.165) is 12.2 Å². The largest absolute Gasteiger partial charge is 0.519 e. The summed E-state index contributed by atoms with van der Waals surface area (Å²) in [5, 5.41) is 0. The van der Waals surface area contributed by atoms with Gasteiger partial charge in [0.2, 0.25) is 0 Å². The Balaban J connectivity index is 2.49. The van der Waals surface area contributed by atoms with Crippen molar-refractivity contribution in [1.82, 2.24) is 0 Å². The Morgan fingerprint density at radius 2 is 1.88 bits per heavy atom. The second-order valence-corrected chi connectivity index (χ2v) is 2.90. The Bertz CT molecular complexity index is 491. The van der Waals surface area contributed by atoms with Crippen LogP contribution in [-0.2, 0) is 25.7 Å². The molecule has 0 bridgehead atoms. The van der Waals surface area contributed by atoms with Crippen LogP contribution in [0, 0.1) is 6.92 Å². The van der Waals surface area contributed by atoms with Crippen molar-refractivity contribution >= 4 is 11.9 Å². The molecule has 0 aromatic carbocycles. The van der Waals surface area contributed by atoms with Crippen LogP contribution in [0.15, 0.2) is 25.8 Å². The lowest BCUT2D eigenvalue weighted by Crippen LogP contribution is -2.03. The summed E-state index contributed by atoms with van der Waals surface area (Å²) < 4.78 is 18.1. The molecule has 0 unspecified atom stereocenters. The van der Waals surface area contributed by atoms with Crippen LogP contribution in [0.1, 0.15) is 11.5 Å². The Kier molecular flexibility index (Phi) is 4.27. The average Bonchev–Trinajstić information content (AvgIpc) is 2.62. The molecule has 1 aromatic heterocycles. The summed E-state index contributed by atoms with van der Waals surface area (Å²) in [4.78, 5) is 32.4. The van der Waals surface area contributed by atoms with E-state index >= 15 is 0 Å². The molecule has 1 heterocycles. The van der Waals surface area contributed by atoms with Crippen molar-refractivity contribution in [2.75, 3.05) is 7.11 Å². The van der Waals surface area contributed by atoms with Gasteiger partial charge in [0.25, 0.3) is 0 Å². The zero-order valence-electron chi connectivity index (χ0n) is 9.22. The first-order valence-electron chi connectivity index (χ1n) is 4.55. The minimum Gasteiger partial charge on any atom is -0.466 e. The van der Waals surface area contributed by atoms with E-state index in [1.807, 2.05) is 0 Å². The molecule has 0 radical (unpaired) electrons. The third kappa shape index (κ3) is 3.98. The molecular weight excluding hydrogens is 232 g/mol. The second kappa shape index (κ2) is 5.69.